The molecule has 0 amide bonds. The maximum absolute atomic E-state index is 12.5. The lowest BCUT2D eigenvalue weighted by atomic mass is 10.0. The van der Waals surface area contributed by atoms with Gasteiger partial charge >= 0.3 is 5.97 Å². The number of rotatable bonds is 3. The number of aromatic nitrogens is 1. The van der Waals surface area contributed by atoms with Crippen molar-refractivity contribution in [1.82, 2.24) is 4.98 Å². The van der Waals surface area contributed by atoms with E-state index in [2.05, 4.69) is 4.98 Å². The van der Waals surface area contributed by atoms with Gasteiger partial charge in [-0.1, -0.05) is 0 Å². The van der Waals surface area contributed by atoms with Gasteiger partial charge in [-0.25, -0.2) is 8.78 Å². The van der Waals surface area contributed by atoms with Gasteiger partial charge in [-0.15, -0.1) is 0 Å². The molecule has 0 aromatic carbocycles. The van der Waals surface area contributed by atoms with Gasteiger partial charge in [0.1, 0.15) is 11.8 Å². The third-order valence-electron chi connectivity index (χ3n) is 1.91. The van der Waals surface area contributed by atoms with Crippen LogP contribution in [0.3, 0.4) is 0 Å². The molecule has 0 radical (unpaired) electrons. The molecule has 1 heterocycles. The topological polar surface area (TPSA) is 100 Å². The van der Waals surface area contributed by atoms with Crippen LogP contribution in [0.2, 0.25) is 0 Å². The van der Waals surface area contributed by atoms with Gasteiger partial charge in [0.05, 0.1) is 17.7 Å². The van der Waals surface area contributed by atoms with Gasteiger partial charge in [0.15, 0.2) is 0 Å². The predicted molar refractivity (Wildman–Crippen MR) is 49.7 cm³/mol. The van der Waals surface area contributed by atoms with Crippen molar-refractivity contribution in [2.45, 2.75) is 12.8 Å². The zero-order chi connectivity index (χ0) is 12.3. The maximum Gasteiger partial charge on any atom is 0.307 e. The van der Waals surface area contributed by atoms with Gasteiger partial charge in [-0.3, -0.25) is 9.78 Å². The highest BCUT2D eigenvalue weighted by Gasteiger charge is 2.21. The summed E-state index contributed by atoms with van der Waals surface area (Å²) >= 11 is 0. The lowest BCUT2D eigenvalue weighted by Crippen LogP contribution is -2.10. The fourth-order valence-electron chi connectivity index (χ4n) is 1.20. The number of carboxylic acid groups (broad SMARTS) is 1. The van der Waals surface area contributed by atoms with Crippen molar-refractivity contribution >= 4 is 11.7 Å². The van der Waals surface area contributed by atoms with E-state index >= 15 is 0 Å². The van der Waals surface area contributed by atoms with Crippen molar-refractivity contribution < 1.29 is 18.7 Å². The van der Waals surface area contributed by atoms with E-state index < -0.39 is 24.5 Å². The van der Waals surface area contributed by atoms with Crippen molar-refractivity contribution in [2.24, 2.45) is 0 Å². The summed E-state index contributed by atoms with van der Waals surface area (Å²) < 4.78 is 25.0. The van der Waals surface area contributed by atoms with E-state index in [0.29, 0.717) is 0 Å². The van der Waals surface area contributed by atoms with Gasteiger partial charge in [0, 0.05) is 11.8 Å². The quantitative estimate of drug-likeness (QED) is 0.805. The molecular formula is C9H7F2N3O2. The molecule has 0 saturated heterocycles. The van der Waals surface area contributed by atoms with Crippen molar-refractivity contribution in [3.63, 3.8) is 0 Å². The Bertz CT molecular complexity index is 469. The Kier molecular flexibility index (Phi) is 3.35. The van der Waals surface area contributed by atoms with Crippen LogP contribution in [0.15, 0.2) is 6.20 Å². The smallest absolute Gasteiger partial charge is 0.307 e. The van der Waals surface area contributed by atoms with E-state index in [-0.39, 0.29) is 16.8 Å². The lowest BCUT2D eigenvalue weighted by Gasteiger charge is -2.09. The number of nitrogen functional groups attached to an aromatic ring is 1. The highest BCUT2D eigenvalue weighted by Crippen LogP contribution is 2.27. The number of carbonyl (C=O) groups is 1. The van der Waals surface area contributed by atoms with E-state index in [1.807, 2.05) is 0 Å². The summed E-state index contributed by atoms with van der Waals surface area (Å²) in [7, 11) is 0. The number of nitriles is 1. The molecule has 0 fully saturated rings. The summed E-state index contributed by atoms with van der Waals surface area (Å²) in [5.74, 6) is -1.31. The summed E-state index contributed by atoms with van der Waals surface area (Å²) in [4.78, 5) is 13.8. The number of alkyl halides is 2. The second-order valence-corrected chi connectivity index (χ2v) is 2.93. The average molecular weight is 227 g/mol. The van der Waals surface area contributed by atoms with Crippen LogP contribution in [0.4, 0.5) is 14.5 Å². The number of hydrogen-bond acceptors (Lipinski definition) is 4. The van der Waals surface area contributed by atoms with Crippen LogP contribution in [0.1, 0.15) is 23.2 Å². The van der Waals surface area contributed by atoms with Gasteiger partial charge in [0.25, 0.3) is 6.43 Å². The number of aliphatic carboxylic acids is 1. The second kappa shape index (κ2) is 4.53. The molecule has 0 atom stereocenters. The summed E-state index contributed by atoms with van der Waals surface area (Å²) in [6.45, 7) is 0. The molecular weight excluding hydrogens is 220 g/mol. The monoisotopic (exact) mass is 227 g/mol. The fourth-order valence-corrected chi connectivity index (χ4v) is 1.20. The number of carboxylic acids is 1. The largest absolute Gasteiger partial charge is 0.481 e. The molecule has 0 unspecified atom stereocenters. The predicted octanol–water partition coefficient (Wildman–Crippen LogP) is 1.10. The molecule has 0 saturated carbocycles. The van der Waals surface area contributed by atoms with Crippen LogP contribution in [0.25, 0.3) is 0 Å². The average Bonchev–Trinajstić information content (AvgIpc) is 2.19. The minimum absolute atomic E-state index is 0.111. The molecule has 0 bridgehead atoms. The molecule has 7 heteroatoms. The zero-order valence-electron chi connectivity index (χ0n) is 7.94. The number of halogens is 2. The Morgan fingerprint density at radius 2 is 2.31 bits per heavy atom. The highest BCUT2D eigenvalue weighted by molar-refractivity contribution is 5.75. The molecule has 84 valence electrons. The number of nitrogens with two attached hydrogens (primary N) is 1. The van der Waals surface area contributed by atoms with Crippen LogP contribution in [-0.2, 0) is 11.2 Å². The van der Waals surface area contributed by atoms with Crippen LogP contribution >= 0.6 is 0 Å². The number of hydrogen-bond donors (Lipinski definition) is 2. The Labute approximate surface area is 89.1 Å². The van der Waals surface area contributed by atoms with E-state index in [1.165, 1.54) is 0 Å². The second-order valence-electron chi connectivity index (χ2n) is 2.93. The van der Waals surface area contributed by atoms with E-state index in [4.69, 9.17) is 16.1 Å². The fraction of sp³-hybridized carbons (Fsp3) is 0.222. The normalized spacial score (nSPS) is 10.1. The van der Waals surface area contributed by atoms with E-state index in [1.54, 1.807) is 6.07 Å². The first kappa shape index (κ1) is 11.8. The highest BCUT2D eigenvalue weighted by atomic mass is 19.3. The molecule has 1 aromatic heterocycles. The van der Waals surface area contributed by atoms with Crippen molar-refractivity contribution in [3.05, 3.63) is 23.0 Å². The van der Waals surface area contributed by atoms with Crippen LogP contribution < -0.4 is 5.73 Å². The number of nitrogens with zero attached hydrogens (tertiary/aromatic N) is 2. The minimum atomic E-state index is -2.93. The number of anilines is 1. The standard InChI is InChI=1S/C9H7F2N3O2/c10-9(11)8-5(1-6(15)16)7(13)4(2-12)3-14-8/h3,9H,1H2,(H2,13,14)(H,15,16). The minimum Gasteiger partial charge on any atom is -0.481 e. The Morgan fingerprint density at radius 1 is 1.69 bits per heavy atom. The molecule has 0 spiro atoms. The Hall–Kier alpha value is -2.23. The molecule has 0 aliphatic rings. The summed E-state index contributed by atoms with van der Waals surface area (Å²) in [6.07, 6.45) is -2.71. The lowest BCUT2D eigenvalue weighted by molar-refractivity contribution is -0.136. The molecule has 3 N–H and O–H groups in total. The summed E-state index contributed by atoms with van der Waals surface area (Å²) in [5.41, 5.74) is 4.06. The molecule has 16 heavy (non-hydrogen) atoms. The van der Waals surface area contributed by atoms with Crippen LogP contribution in [0, 0.1) is 11.3 Å². The van der Waals surface area contributed by atoms with Crippen LogP contribution in [0.5, 0.6) is 0 Å². The van der Waals surface area contributed by atoms with E-state index in [9.17, 15) is 13.6 Å². The molecule has 1 rings (SSSR count). The van der Waals surface area contributed by atoms with E-state index in [0.717, 1.165) is 6.20 Å². The van der Waals surface area contributed by atoms with Gasteiger partial charge < -0.3 is 10.8 Å². The third kappa shape index (κ3) is 2.23. The Morgan fingerprint density at radius 3 is 2.75 bits per heavy atom. The molecule has 1 aromatic rings. The van der Waals surface area contributed by atoms with Crippen LogP contribution in [-0.4, -0.2) is 16.1 Å². The Balaban J connectivity index is 3.37. The number of pyridine rings is 1. The molecule has 5 nitrogen and oxygen atoms in total. The van der Waals surface area contributed by atoms with Crippen molar-refractivity contribution in [1.29, 1.82) is 5.26 Å². The first-order valence-electron chi connectivity index (χ1n) is 4.14. The third-order valence-corrected chi connectivity index (χ3v) is 1.91. The summed E-state index contributed by atoms with van der Waals surface area (Å²) in [6, 6.07) is 1.65. The van der Waals surface area contributed by atoms with Gasteiger partial charge in [-0.05, 0) is 0 Å². The zero-order valence-corrected chi connectivity index (χ0v) is 7.94. The molecule has 0 aliphatic carbocycles. The van der Waals surface area contributed by atoms with Crippen molar-refractivity contribution in [2.75, 3.05) is 5.73 Å². The first-order valence-corrected chi connectivity index (χ1v) is 4.14. The van der Waals surface area contributed by atoms with Crippen molar-refractivity contribution in [3.8, 4) is 6.07 Å². The van der Waals surface area contributed by atoms with Gasteiger partial charge in [-0.2, -0.15) is 5.26 Å². The first-order chi connectivity index (χ1) is 7.47. The van der Waals surface area contributed by atoms with Gasteiger partial charge in [0.2, 0.25) is 0 Å². The molecule has 0 aliphatic heterocycles. The SMILES string of the molecule is N#Cc1cnc(C(F)F)c(CC(=O)O)c1N. The summed E-state index contributed by atoms with van der Waals surface area (Å²) in [5, 5.41) is 17.2. The maximum atomic E-state index is 12.5.